The highest BCUT2D eigenvalue weighted by atomic mass is 35.5. The number of benzene rings is 1. The minimum atomic E-state index is 0.337. The van der Waals surface area contributed by atoms with E-state index in [1.165, 1.54) is 0 Å². The third-order valence-electron chi connectivity index (χ3n) is 3.16. The van der Waals surface area contributed by atoms with Crippen LogP contribution in [-0.4, -0.2) is 33.8 Å². The number of halogens is 1. The van der Waals surface area contributed by atoms with Crippen LogP contribution in [0.4, 0.5) is 0 Å². The molecule has 2 heterocycles. The van der Waals surface area contributed by atoms with Gasteiger partial charge in [-0.3, -0.25) is 4.40 Å². The lowest BCUT2D eigenvalue weighted by molar-refractivity contribution is 0.354. The first-order valence-corrected chi connectivity index (χ1v) is 6.65. The molecular weight excluding hydrogens is 292 g/mol. The maximum atomic E-state index is 5.99. The van der Waals surface area contributed by atoms with E-state index >= 15 is 0 Å². The minimum Gasteiger partial charge on any atom is -0.493 e. The van der Waals surface area contributed by atoms with Crippen LogP contribution in [0.3, 0.4) is 0 Å². The van der Waals surface area contributed by atoms with Crippen molar-refractivity contribution in [1.29, 1.82) is 0 Å². The summed E-state index contributed by atoms with van der Waals surface area (Å²) in [6.07, 6.45) is 4.01. The van der Waals surface area contributed by atoms with Crippen molar-refractivity contribution < 1.29 is 9.47 Å². The second-order valence-electron chi connectivity index (χ2n) is 4.39. The average molecular weight is 305 g/mol. The van der Waals surface area contributed by atoms with Gasteiger partial charge in [0.1, 0.15) is 5.82 Å². The molecule has 0 aliphatic carbocycles. The van der Waals surface area contributed by atoms with E-state index in [1.54, 1.807) is 26.6 Å². The van der Waals surface area contributed by atoms with E-state index in [2.05, 4.69) is 15.2 Å². The van der Waals surface area contributed by atoms with Crippen molar-refractivity contribution in [3.8, 4) is 11.5 Å². The van der Waals surface area contributed by atoms with Crippen LogP contribution in [0.15, 0.2) is 30.6 Å². The number of methoxy groups -OCH3 is 2. The smallest absolute Gasteiger partial charge is 0.198 e. The molecule has 1 aromatic carbocycles. The fourth-order valence-electron chi connectivity index (χ4n) is 2.14. The van der Waals surface area contributed by atoms with Crippen LogP contribution in [0.5, 0.6) is 11.5 Å². The molecule has 21 heavy (non-hydrogen) atoms. The molecule has 0 fully saturated rings. The summed E-state index contributed by atoms with van der Waals surface area (Å²) in [5.41, 5.74) is 1.59. The molecule has 0 unspecified atom stereocenters. The Bertz CT molecular complexity index is 788. The van der Waals surface area contributed by atoms with Crippen molar-refractivity contribution in [2.45, 2.75) is 6.42 Å². The van der Waals surface area contributed by atoms with E-state index in [0.717, 1.165) is 11.4 Å². The minimum absolute atomic E-state index is 0.337. The first-order chi connectivity index (χ1) is 10.2. The first kappa shape index (κ1) is 13.6. The number of hydrogen-bond donors (Lipinski definition) is 0. The van der Waals surface area contributed by atoms with Gasteiger partial charge in [-0.2, -0.15) is 0 Å². The van der Waals surface area contributed by atoms with Crippen LogP contribution >= 0.6 is 11.6 Å². The fraction of sp³-hybridized carbons (Fsp3) is 0.214. The standard InChI is InChI=1S/C14H13ClN4O2/c1-20-10-4-3-9(7-11(10)21-2)8-12-17-18-14-13(15)16-5-6-19(12)14/h3-7H,8H2,1-2H3. The summed E-state index contributed by atoms with van der Waals surface area (Å²) < 4.78 is 12.4. The van der Waals surface area contributed by atoms with Gasteiger partial charge in [-0.25, -0.2) is 4.98 Å². The molecule has 6 nitrogen and oxygen atoms in total. The summed E-state index contributed by atoms with van der Waals surface area (Å²) in [5, 5.41) is 8.56. The van der Waals surface area contributed by atoms with Crippen LogP contribution in [0.2, 0.25) is 5.15 Å². The quantitative estimate of drug-likeness (QED) is 0.740. The SMILES string of the molecule is COc1ccc(Cc2nnc3c(Cl)nccn23)cc1OC. The van der Waals surface area contributed by atoms with Crippen LogP contribution in [0, 0.1) is 0 Å². The second kappa shape index (κ2) is 5.57. The van der Waals surface area contributed by atoms with E-state index in [4.69, 9.17) is 21.1 Å². The zero-order chi connectivity index (χ0) is 14.8. The Labute approximate surface area is 126 Å². The van der Waals surface area contributed by atoms with Gasteiger partial charge in [0.15, 0.2) is 22.3 Å². The van der Waals surface area contributed by atoms with Crippen molar-refractivity contribution in [3.63, 3.8) is 0 Å². The molecule has 0 atom stereocenters. The van der Waals surface area contributed by atoms with Gasteiger partial charge < -0.3 is 9.47 Å². The molecular formula is C14H13ClN4O2. The topological polar surface area (TPSA) is 61.5 Å². The van der Waals surface area contributed by atoms with Crippen molar-refractivity contribution in [3.05, 3.63) is 47.1 Å². The Balaban J connectivity index is 1.97. The van der Waals surface area contributed by atoms with E-state index in [0.29, 0.717) is 28.7 Å². The number of nitrogens with zero attached hydrogens (tertiary/aromatic N) is 4. The average Bonchev–Trinajstić information content (AvgIpc) is 2.92. The van der Waals surface area contributed by atoms with Crippen LogP contribution in [-0.2, 0) is 6.42 Å². The van der Waals surface area contributed by atoms with Gasteiger partial charge in [-0.05, 0) is 17.7 Å². The van der Waals surface area contributed by atoms with Crippen molar-refractivity contribution in [2.24, 2.45) is 0 Å². The Hall–Kier alpha value is -2.34. The van der Waals surface area contributed by atoms with E-state index in [-0.39, 0.29) is 0 Å². The Kier molecular flexibility index (Phi) is 3.62. The largest absolute Gasteiger partial charge is 0.493 e. The number of rotatable bonds is 4. The molecule has 3 aromatic rings. The predicted octanol–water partition coefficient (Wildman–Crippen LogP) is 2.39. The Morgan fingerprint density at radius 1 is 1.14 bits per heavy atom. The lowest BCUT2D eigenvalue weighted by atomic mass is 10.1. The molecule has 0 saturated carbocycles. The highest BCUT2D eigenvalue weighted by Crippen LogP contribution is 2.28. The molecule has 0 N–H and O–H groups in total. The highest BCUT2D eigenvalue weighted by Gasteiger charge is 2.11. The zero-order valence-corrected chi connectivity index (χ0v) is 12.3. The van der Waals surface area contributed by atoms with Crippen molar-refractivity contribution in [2.75, 3.05) is 14.2 Å². The van der Waals surface area contributed by atoms with Gasteiger partial charge in [-0.1, -0.05) is 17.7 Å². The maximum absolute atomic E-state index is 5.99. The fourth-order valence-corrected chi connectivity index (χ4v) is 2.32. The summed E-state index contributed by atoms with van der Waals surface area (Å²) in [6, 6.07) is 5.75. The van der Waals surface area contributed by atoms with Crippen molar-refractivity contribution >= 4 is 17.2 Å². The summed E-state index contributed by atoms with van der Waals surface area (Å²) in [4.78, 5) is 3.98. The normalized spacial score (nSPS) is 10.8. The third kappa shape index (κ3) is 2.50. The summed E-state index contributed by atoms with van der Waals surface area (Å²) >= 11 is 5.99. The van der Waals surface area contributed by atoms with E-state index in [1.807, 2.05) is 22.6 Å². The van der Waals surface area contributed by atoms with Gasteiger partial charge in [0, 0.05) is 18.8 Å². The number of hydrogen-bond acceptors (Lipinski definition) is 5. The molecule has 108 valence electrons. The first-order valence-electron chi connectivity index (χ1n) is 6.28. The summed E-state index contributed by atoms with van der Waals surface area (Å²) in [7, 11) is 3.22. The molecule has 0 spiro atoms. The Morgan fingerprint density at radius 3 is 2.71 bits per heavy atom. The van der Waals surface area contributed by atoms with Gasteiger partial charge in [-0.15, -0.1) is 10.2 Å². The van der Waals surface area contributed by atoms with E-state index < -0.39 is 0 Å². The van der Waals surface area contributed by atoms with Crippen molar-refractivity contribution in [1.82, 2.24) is 19.6 Å². The molecule has 2 aromatic heterocycles. The molecule has 3 rings (SSSR count). The van der Waals surface area contributed by atoms with Crippen LogP contribution in [0.25, 0.3) is 5.65 Å². The molecule has 0 aliphatic heterocycles. The molecule has 0 aliphatic rings. The molecule has 0 saturated heterocycles. The molecule has 0 bridgehead atoms. The lowest BCUT2D eigenvalue weighted by Crippen LogP contribution is -1.98. The lowest BCUT2D eigenvalue weighted by Gasteiger charge is -2.09. The van der Waals surface area contributed by atoms with Crippen LogP contribution in [0.1, 0.15) is 11.4 Å². The second-order valence-corrected chi connectivity index (χ2v) is 4.75. The number of aromatic nitrogens is 4. The third-order valence-corrected chi connectivity index (χ3v) is 3.43. The number of ether oxygens (including phenoxy) is 2. The van der Waals surface area contributed by atoms with Gasteiger partial charge in [0.25, 0.3) is 0 Å². The van der Waals surface area contributed by atoms with Crippen LogP contribution < -0.4 is 9.47 Å². The summed E-state index contributed by atoms with van der Waals surface area (Å²) in [5.74, 6) is 2.16. The number of fused-ring (bicyclic) bond motifs is 1. The monoisotopic (exact) mass is 304 g/mol. The van der Waals surface area contributed by atoms with Gasteiger partial charge >= 0.3 is 0 Å². The Morgan fingerprint density at radius 2 is 1.95 bits per heavy atom. The zero-order valence-electron chi connectivity index (χ0n) is 11.6. The molecule has 7 heteroatoms. The van der Waals surface area contributed by atoms with Gasteiger partial charge in [0.05, 0.1) is 14.2 Å². The molecule has 0 amide bonds. The predicted molar refractivity (Wildman–Crippen MR) is 78.1 cm³/mol. The highest BCUT2D eigenvalue weighted by molar-refractivity contribution is 6.32. The summed E-state index contributed by atoms with van der Waals surface area (Å²) in [6.45, 7) is 0. The maximum Gasteiger partial charge on any atom is 0.198 e. The molecule has 0 radical (unpaired) electrons. The van der Waals surface area contributed by atoms with Gasteiger partial charge in [0.2, 0.25) is 0 Å². The van der Waals surface area contributed by atoms with E-state index in [9.17, 15) is 0 Å².